The first-order chi connectivity index (χ1) is 16.7. The highest BCUT2D eigenvalue weighted by Crippen LogP contribution is 2.31. The van der Waals surface area contributed by atoms with E-state index < -0.39 is 0 Å². The first-order valence-electron chi connectivity index (χ1n) is 13.2. The summed E-state index contributed by atoms with van der Waals surface area (Å²) in [6.07, 6.45) is 10.6. The van der Waals surface area contributed by atoms with E-state index in [-0.39, 0.29) is 11.8 Å². The summed E-state index contributed by atoms with van der Waals surface area (Å²) in [6, 6.07) is 14.4. The van der Waals surface area contributed by atoms with Crippen molar-refractivity contribution in [1.82, 2.24) is 4.90 Å². The summed E-state index contributed by atoms with van der Waals surface area (Å²) in [5.74, 6) is 0.119. The third kappa shape index (κ3) is 6.19. The van der Waals surface area contributed by atoms with E-state index in [0.717, 1.165) is 69.7 Å². The Kier molecular flexibility index (Phi) is 8.62. The molecule has 1 fully saturated rings. The summed E-state index contributed by atoms with van der Waals surface area (Å²) in [5, 5.41) is 3.05. The highest BCUT2D eigenvalue weighted by atomic mass is 16.2. The van der Waals surface area contributed by atoms with Crippen molar-refractivity contribution in [2.45, 2.75) is 77.7 Å². The maximum absolute atomic E-state index is 13.5. The van der Waals surface area contributed by atoms with E-state index >= 15 is 0 Å². The SMILES string of the molecule is CCCCCCCCC(=O)Nc1ccc(N2CCc3ccccc3C2)c(C(=O)N2CCCC2)c1. The number of likely N-dealkylation sites (tertiary alicyclic amines) is 1. The average Bonchev–Trinajstić information content (AvgIpc) is 3.40. The van der Waals surface area contributed by atoms with Crippen molar-refractivity contribution in [3.8, 4) is 0 Å². The van der Waals surface area contributed by atoms with Crippen molar-refractivity contribution in [3.63, 3.8) is 0 Å². The van der Waals surface area contributed by atoms with Gasteiger partial charge in [-0.1, -0.05) is 63.3 Å². The largest absolute Gasteiger partial charge is 0.366 e. The van der Waals surface area contributed by atoms with Gasteiger partial charge in [0.2, 0.25) is 5.91 Å². The summed E-state index contributed by atoms with van der Waals surface area (Å²) in [5.41, 5.74) is 5.12. The summed E-state index contributed by atoms with van der Waals surface area (Å²) in [4.78, 5) is 30.3. The minimum atomic E-state index is 0.0368. The molecule has 0 saturated carbocycles. The molecule has 2 aliphatic heterocycles. The van der Waals surface area contributed by atoms with Gasteiger partial charge in [0, 0.05) is 44.0 Å². The topological polar surface area (TPSA) is 52.7 Å². The van der Waals surface area contributed by atoms with Crippen LogP contribution in [-0.2, 0) is 17.8 Å². The van der Waals surface area contributed by atoms with E-state index in [1.807, 2.05) is 23.1 Å². The smallest absolute Gasteiger partial charge is 0.256 e. The number of unbranched alkanes of at least 4 members (excludes halogenated alkanes) is 5. The Labute approximate surface area is 204 Å². The lowest BCUT2D eigenvalue weighted by atomic mass is 9.98. The molecule has 0 spiro atoms. The lowest BCUT2D eigenvalue weighted by molar-refractivity contribution is -0.116. The van der Waals surface area contributed by atoms with E-state index in [1.54, 1.807) is 0 Å². The second-order valence-corrected chi connectivity index (χ2v) is 9.74. The fourth-order valence-corrected chi connectivity index (χ4v) is 5.14. The number of carbonyl (C=O) groups excluding carboxylic acids is 2. The van der Waals surface area contributed by atoms with E-state index in [0.29, 0.717) is 12.0 Å². The van der Waals surface area contributed by atoms with Crippen molar-refractivity contribution in [2.24, 2.45) is 0 Å². The highest BCUT2D eigenvalue weighted by molar-refractivity contribution is 6.02. The molecule has 2 aromatic rings. The van der Waals surface area contributed by atoms with E-state index in [1.165, 1.54) is 36.8 Å². The Bertz CT molecular complexity index is 981. The molecule has 1 saturated heterocycles. The zero-order valence-corrected chi connectivity index (χ0v) is 20.7. The van der Waals surface area contributed by atoms with Gasteiger partial charge in [-0.2, -0.15) is 0 Å². The number of nitrogens with one attached hydrogen (secondary N) is 1. The van der Waals surface area contributed by atoms with Crippen LogP contribution >= 0.6 is 0 Å². The van der Waals surface area contributed by atoms with Crippen molar-refractivity contribution in [1.29, 1.82) is 0 Å². The highest BCUT2D eigenvalue weighted by Gasteiger charge is 2.26. The van der Waals surface area contributed by atoms with Crippen molar-refractivity contribution in [3.05, 3.63) is 59.2 Å². The molecular formula is C29H39N3O2. The number of amides is 2. The van der Waals surface area contributed by atoms with Gasteiger partial charge in [0.05, 0.1) is 5.56 Å². The van der Waals surface area contributed by atoms with Crippen LogP contribution in [0.2, 0.25) is 0 Å². The first-order valence-corrected chi connectivity index (χ1v) is 13.2. The molecule has 0 aliphatic carbocycles. The minimum absolute atomic E-state index is 0.0368. The molecule has 0 unspecified atom stereocenters. The van der Waals surface area contributed by atoms with Crippen LogP contribution in [-0.4, -0.2) is 36.3 Å². The predicted octanol–water partition coefficient (Wildman–Crippen LogP) is 6.17. The van der Waals surface area contributed by atoms with E-state index in [2.05, 4.69) is 41.4 Å². The summed E-state index contributed by atoms with van der Waals surface area (Å²) >= 11 is 0. The Morgan fingerprint density at radius 3 is 2.41 bits per heavy atom. The van der Waals surface area contributed by atoms with E-state index in [9.17, 15) is 9.59 Å². The number of hydrogen-bond donors (Lipinski definition) is 1. The summed E-state index contributed by atoms with van der Waals surface area (Å²) in [7, 11) is 0. The molecule has 0 bridgehead atoms. The normalized spacial score (nSPS) is 15.3. The van der Waals surface area contributed by atoms with Crippen LogP contribution in [0.5, 0.6) is 0 Å². The molecule has 0 aromatic heterocycles. The third-order valence-corrected chi connectivity index (χ3v) is 7.13. The van der Waals surface area contributed by atoms with Gasteiger partial charge in [-0.25, -0.2) is 0 Å². The number of rotatable bonds is 10. The molecule has 34 heavy (non-hydrogen) atoms. The Hall–Kier alpha value is -2.82. The number of benzene rings is 2. The van der Waals surface area contributed by atoms with Crippen molar-refractivity contribution in [2.75, 3.05) is 29.9 Å². The van der Waals surface area contributed by atoms with Gasteiger partial charge in [0.25, 0.3) is 5.91 Å². The Morgan fingerprint density at radius 2 is 1.62 bits per heavy atom. The second kappa shape index (κ2) is 12.0. The maximum atomic E-state index is 13.5. The van der Waals surface area contributed by atoms with Crippen LogP contribution in [0.15, 0.2) is 42.5 Å². The van der Waals surface area contributed by atoms with Gasteiger partial charge in [0.1, 0.15) is 0 Å². The molecule has 5 heteroatoms. The lowest BCUT2D eigenvalue weighted by Crippen LogP contribution is -2.34. The molecule has 0 radical (unpaired) electrons. The van der Waals surface area contributed by atoms with Crippen molar-refractivity contribution < 1.29 is 9.59 Å². The molecule has 1 N–H and O–H groups in total. The number of hydrogen-bond acceptors (Lipinski definition) is 3. The second-order valence-electron chi connectivity index (χ2n) is 9.74. The average molecular weight is 462 g/mol. The molecule has 2 amide bonds. The third-order valence-electron chi connectivity index (χ3n) is 7.13. The first kappa shape index (κ1) is 24.3. The van der Waals surface area contributed by atoms with Gasteiger partial charge in [-0.05, 0) is 55.0 Å². The zero-order valence-electron chi connectivity index (χ0n) is 20.7. The van der Waals surface area contributed by atoms with Crippen LogP contribution in [0, 0.1) is 0 Å². The van der Waals surface area contributed by atoms with Crippen LogP contribution in [0.25, 0.3) is 0 Å². The summed E-state index contributed by atoms with van der Waals surface area (Å²) < 4.78 is 0. The predicted molar refractivity (Wildman–Crippen MR) is 139 cm³/mol. The van der Waals surface area contributed by atoms with Gasteiger partial charge >= 0.3 is 0 Å². The van der Waals surface area contributed by atoms with Gasteiger partial charge in [-0.15, -0.1) is 0 Å². The van der Waals surface area contributed by atoms with E-state index in [4.69, 9.17) is 0 Å². The molecule has 2 aliphatic rings. The lowest BCUT2D eigenvalue weighted by Gasteiger charge is -2.33. The number of nitrogens with zero attached hydrogens (tertiary/aromatic N) is 2. The Balaban J connectivity index is 1.46. The van der Waals surface area contributed by atoms with Crippen LogP contribution < -0.4 is 10.2 Å². The maximum Gasteiger partial charge on any atom is 0.256 e. The molecular weight excluding hydrogens is 422 g/mol. The van der Waals surface area contributed by atoms with Gasteiger partial charge in [0.15, 0.2) is 0 Å². The molecule has 0 atom stereocenters. The number of carbonyl (C=O) groups is 2. The monoisotopic (exact) mass is 461 g/mol. The standard InChI is InChI=1S/C29H39N3O2/c1-2-3-4-5-6-7-14-28(33)30-25-15-16-27(26(21-25)29(34)31-18-10-11-19-31)32-20-17-23-12-8-9-13-24(23)22-32/h8-9,12-13,15-16,21H,2-7,10-11,14,17-20,22H2,1H3,(H,30,33). The summed E-state index contributed by atoms with van der Waals surface area (Å²) in [6.45, 7) is 5.54. The molecule has 2 heterocycles. The quantitative estimate of drug-likeness (QED) is 0.430. The van der Waals surface area contributed by atoms with Gasteiger partial charge < -0.3 is 15.1 Å². The molecule has 2 aromatic carbocycles. The fourth-order valence-electron chi connectivity index (χ4n) is 5.14. The van der Waals surface area contributed by atoms with Gasteiger partial charge in [-0.3, -0.25) is 9.59 Å². The zero-order chi connectivity index (χ0) is 23.8. The number of anilines is 2. The molecule has 182 valence electrons. The van der Waals surface area contributed by atoms with Crippen LogP contribution in [0.3, 0.4) is 0 Å². The Morgan fingerprint density at radius 1 is 0.882 bits per heavy atom. The van der Waals surface area contributed by atoms with Crippen molar-refractivity contribution >= 4 is 23.2 Å². The fraction of sp³-hybridized carbons (Fsp3) is 0.517. The number of fused-ring (bicyclic) bond motifs is 1. The van der Waals surface area contributed by atoms with Crippen LogP contribution in [0.4, 0.5) is 11.4 Å². The van der Waals surface area contributed by atoms with Crippen LogP contribution in [0.1, 0.15) is 86.2 Å². The minimum Gasteiger partial charge on any atom is -0.366 e. The molecule has 5 nitrogen and oxygen atoms in total. The molecule has 4 rings (SSSR count).